The molecule has 0 saturated heterocycles. The number of rotatable bonds is 3. The molecule has 3 heterocycles. The lowest BCUT2D eigenvalue weighted by Gasteiger charge is -2.13. The molecule has 140 valence electrons. The molecule has 0 aliphatic heterocycles. The van der Waals surface area contributed by atoms with Crippen LogP contribution in [0.2, 0.25) is 0 Å². The minimum atomic E-state index is 0.178. The van der Waals surface area contributed by atoms with E-state index in [-0.39, 0.29) is 5.75 Å². The second kappa shape index (κ2) is 6.87. The Bertz CT molecular complexity index is 1310. The normalized spacial score (nSPS) is 11.1. The number of hydrogen-bond donors (Lipinski definition) is 1. The van der Waals surface area contributed by atoms with Crippen LogP contribution in [0.1, 0.15) is 5.82 Å². The summed E-state index contributed by atoms with van der Waals surface area (Å²) < 4.78 is 1.98. The smallest absolute Gasteiger partial charge is 0.149 e. The summed E-state index contributed by atoms with van der Waals surface area (Å²) >= 11 is 0. The van der Waals surface area contributed by atoms with Crippen molar-refractivity contribution >= 4 is 11.0 Å². The maximum atomic E-state index is 11.1. The van der Waals surface area contributed by atoms with E-state index in [1.165, 1.54) is 0 Å². The number of hydrogen-bond acceptors (Lipinski definition) is 4. The van der Waals surface area contributed by atoms with Crippen LogP contribution in [-0.2, 0) is 0 Å². The van der Waals surface area contributed by atoms with Gasteiger partial charge in [0.2, 0.25) is 0 Å². The number of aryl methyl sites for hydroxylation is 1. The van der Waals surface area contributed by atoms with Crippen molar-refractivity contribution in [2.24, 2.45) is 0 Å². The Labute approximate surface area is 168 Å². The van der Waals surface area contributed by atoms with Crippen LogP contribution in [-0.4, -0.2) is 24.6 Å². The summed E-state index contributed by atoms with van der Waals surface area (Å²) in [6.45, 7) is 1.94. The van der Waals surface area contributed by atoms with Gasteiger partial charge in [-0.1, -0.05) is 24.3 Å². The molecule has 0 spiro atoms. The van der Waals surface area contributed by atoms with Gasteiger partial charge in [-0.2, -0.15) is 0 Å². The van der Waals surface area contributed by atoms with Crippen molar-refractivity contribution < 1.29 is 5.11 Å². The Morgan fingerprint density at radius 3 is 2.28 bits per heavy atom. The summed E-state index contributed by atoms with van der Waals surface area (Å²) in [5.41, 5.74) is 5.76. The summed E-state index contributed by atoms with van der Waals surface area (Å²) in [6.07, 6.45) is 3.50. The van der Waals surface area contributed by atoms with E-state index in [0.717, 1.165) is 33.8 Å². The van der Waals surface area contributed by atoms with Gasteiger partial charge in [-0.25, -0.2) is 4.98 Å². The lowest BCUT2D eigenvalue weighted by atomic mass is 10.1. The predicted molar refractivity (Wildman–Crippen MR) is 114 cm³/mol. The first-order valence-electron chi connectivity index (χ1n) is 9.36. The number of aromatic nitrogens is 4. The molecule has 5 heteroatoms. The molecule has 5 nitrogen and oxygen atoms in total. The van der Waals surface area contributed by atoms with E-state index in [0.29, 0.717) is 11.3 Å². The van der Waals surface area contributed by atoms with Crippen LogP contribution in [0.25, 0.3) is 39.2 Å². The van der Waals surface area contributed by atoms with Gasteiger partial charge >= 0.3 is 0 Å². The minimum absolute atomic E-state index is 0.178. The van der Waals surface area contributed by atoms with Gasteiger partial charge in [-0.3, -0.25) is 14.5 Å². The molecule has 1 N–H and O–H groups in total. The van der Waals surface area contributed by atoms with Crippen LogP contribution in [0, 0.1) is 6.92 Å². The molecule has 0 aliphatic carbocycles. The molecule has 0 bridgehead atoms. The van der Waals surface area contributed by atoms with Crippen molar-refractivity contribution in [2.75, 3.05) is 0 Å². The average Bonchev–Trinajstić information content (AvgIpc) is 3.10. The van der Waals surface area contributed by atoms with Gasteiger partial charge < -0.3 is 5.11 Å². The molecule has 29 heavy (non-hydrogen) atoms. The van der Waals surface area contributed by atoms with Crippen molar-refractivity contribution in [3.63, 3.8) is 0 Å². The monoisotopic (exact) mass is 378 g/mol. The number of fused-ring (bicyclic) bond motifs is 1. The Morgan fingerprint density at radius 1 is 0.793 bits per heavy atom. The van der Waals surface area contributed by atoms with Crippen molar-refractivity contribution in [1.29, 1.82) is 0 Å². The zero-order chi connectivity index (χ0) is 19.8. The van der Waals surface area contributed by atoms with Crippen molar-refractivity contribution in [1.82, 2.24) is 19.5 Å². The van der Waals surface area contributed by atoms with E-state index in [4.69, 9.17) is 0 Å². The number of phenols is 1. The number of imidazole rings is 1. The lowest BCUT2D eigenvalue weighted by Crippen LogP contribution is -1.99. The fourth-order valence-electron chi connectivity index (χ4n) is 3.63. The quantitative estimate of drug-likeness (QED) is 0.471. The predicted octanol–water partition coefficient (Wildman–Crippen LogP) is 5.16. The number of phenolic OH excluding ortho intramolecular Hbond substituents is 1. The first kappa shape index (κ1) is 17.1. The largest absolute Gasteiger partial charge is 0.505 e. The van der Waals surface area contributed by atoms with Crippen LogP contribution in [0.4, 0.5) is 0 Å². The summed E-state index contributed by atoms with van der Waals surface area (Å²) in [6, 6.07) is 23.3. The van der Waals surface area contributed by atoms with Gasteiger partial charge in [0.15, 0.2) is 0 Å². The Morgan fingerprint density at radius 2 is 1.55 bits per heavy atom. The Hall–Kier alpha value is -3.99. The van der Waals surface area contributed by atoms with Crippen LogP contribution in [0.3, 0.4) is 0 Å². The first-order chi connectivity index (χ1) is 14.2. The van der Waals surface area contributed by atoms with Crippen LogP contribution < -0.4 is 0 Å². The van der Waals surface area contributed by atoms with Gasteiger partial charge in [-0.15, -0.1) is 0 Å². The third kappa shape index (κ3) is 2.93. The third-order valence-electron chi connectivity index (χ3n) is 4.98. The van der Waals surface area contributed by atoms with Gasteiger partial charge in [0, 0.05) is 23.5 Å². The zero-order valence-corrected chi connectivity index (χ0v) is 15.8. The van der Waals surface area contributed by atoms with Gasteiger partial charge in [0.05, 0.1) is 28.1 Å². The molecule has 0 saturated carbocycles. The van der Waals surface area contributed by atoms with E-state index in [9.17, 15) is 5.11 Å². The summed E-state index contributed by atoms with van der Waals surface area (Å²) in [7, 11) is 0. The molecule has 2 aromatic carbocycles. The number of nitrogens with zero attached hydrogens (tertiary/aromatic N) is 4. The second-order valence-corrected chi connectivity index (χ2v) is 6.80. The highest BCUT2D eigenvalue weighted by Crippen LogP contribution is 2.36. The highest BCUT2D eigenvalue weighted by atomic mass is 16.3. The maximum absolute atomic E-state index is 11.1. The minimum Gasteiger partial charge on any atom is -0.505 e. The molecule has 0 fully saturated rings. The molecular weight excluding hydrogens is 360 g/mol. The van der Waals surface area contributed by atoms with E-state index in [1.54, 1.807) is 12.4 Å². The number of aromatic hydroxyl groups is 1. The standard InChI is InChI=1S/C24H18N4O/c1-16-27-21-12-11-17(19-8-2-4-13-25-19)15-23(21)28(16)22-10-6-7-18(24(22)29)20-9-3-5-14-26-20/h2-15,29H,1H3. The van der Waals surface area contributed by atoms with E-state index < -0.39 is 0 Å². The molecular formula is C24H18N4O. The van der Waals surface area contributed by atoms with E-state index in [1.807, 2.05) is 78.2 Å². The van der Waals surface area contributed by atoms with Crippen LogP contribution in [0.15, 0.2) is 85.2 Å². The van der Waals surface area contributed by atoms with Crippen LogP contribution >= 0.6 is 0 Å². The number of para-hydroxylation sites is 1. The average molecular weight is 378 g/mol. The topological polar surface area (TPSA) is 63.8 Å². The molecule has 3 aromatic heterocycles. The van der Waals surface area contributed by atoms with E-state index >= 15 is 0 Å². The fourth-order valence-corrected chi connectivity index (χ4v) is 3.63. The third-order valence-corrected chi connectivity index (χ3v) is 4.98. The maximum Gasteiger partial charge on any atom is 0.149 e. The molecule has 0 amide bonds. The first-order valence-corrected chi connectivity index (χ1v) is 9.36. The molecule has 0 unspecified atom stereocenters. The highest BCUT2D eigenvalue weighted by molar-refractivity contribution is 5.85. The summed E-state index contributed by atoms with van der Waals surface area (Å²) in [5.74, 6) is 0.975. The lowest BCUT2D eigenvalue weighted by molar-refractivity contribution is 0.474. The highest BCUT2D eigenvalue weighted by Gasteiger charge is 2.16. The fraction of sp³-hybridized carbons (Fsp3) is 0.0417. The SMILES string of the molecule is Cc1nc2ccc(-c3ccccn3)cc2n1-c1cccc(-c2ccccn2)c1O. The molecule has 0 radical (unpaired) electrons. The molecule has 0 aliphatic rings. The Kier molecular flexibility index (Phi) is 4.06. The summed E-state index contributed by atoms with van der Waals surface area (Å²) in [5, 5.41) is 11.1. The number of pyridine rings is 2. The molecule has 5 rings (SSSR count). The molecule has 0 atom stereocenters. The second-order valence-electron chi connectivity index (χ2n) is 6.80. The van der Waals surface area contributed by atoms with E-state index in [2.05, 4.69) is 21.0 Å². The van der Waals surface area contributed by atoms with Gasteiger partial charge in [0.1, 0.15) is 11.6 Å². The van der Waals surface area contributed by atoms with Gasteiger partial charge in [0.25, 0.3) is 0 Å². The number of benzene rings is 2. The van der Waals surface area contributed by atoms with Crippen molar-refractivity contribution in [2.45, 2.75) is 6.92 Å². The van der Waals surface area contributed by atoms with Crippen molar-refractivity contribution in [3.8, 4) is 34.0 Å². The van der Waals surface area contributed by atoms with Crippen molar-refractivity contribution in [3.05, 3.63) is 91.0 Å². The zero-order valence-electron chi connectivity index (χ0n) is 15.8. The van der Waals surface area contributed by atoms with Crippen LogP contribution in [0.5, 0.6) is 5.75 Å². The summed E-state index contributed by atoms with van der Waals surface area (Å²) in [4.78, 5) is 13.5. The van der Waals surface area contributed by atoms with Gasteiger partial charge in [-0.05, 0) is 55.5 Å². The Balaban J connectivity index is 1.72. The molecule has 5 aromatic rings.